The molecule has 14 heavy (non-hydrogen) atoms. The highest BCUT2D eigenvalue weighted by molar-refractivity contribution is 5.83. The maximum Gasteiger partial charge on any atom is 0.322 e. The van der Waals surface area contributed by atoms with Gasteiger partial charge in [0.25, 0.3) is 5.91 Å². The number of alkyl halides is 2. The van der Waals surface area contributed by atoms with Crippen LogP contribution in [-0.2, 0) is 4.79 Å². The lowest BCUT2D eigenvalue weighted by Crippen LogP contribution is -2.45. The highest BCUT2D eigenvalue weighted by Crippen LogP contribution is 2.21. The SMILES string of the molecule is C#CC1CCN(C(=O)C(C)(F)F)CC1. The van der Waals surface area contributed by atoms with Crippen LogP contribution in [0, 0.1) is 18.3 Å². The van der Waals surface area contributed by atoms with Crippen molar-refractivity contribution in [1.82, 2.24) is 4.90 Å². The number of hydrogen-bond acceptors (Lipinski definition) is 1. The number of halogens is 2. The van der Waals surface area contributed by atoms with Crippen molar-refractivity contribution in [2.45, 2.75) is 25.7 Å². The van der Waals surface area contributed by atoms with Gasteiger partial charge in [0.1, 0.15) is 0 Å². The van der Waals surface area contributed by atoms with E-state index in [9.17, 15) is 13.6 Å². The molecule has 1 aliphatic heterocycles. The molecular weight excluding hydrogens is 188 g/mol. The van der Waals surface area contributed by atoms with Gasteiger partial charge < -0.3 is 4.90 Å². The normalized spacial score (nSPS) is 19.1. The van der Waals surface area contributed by atoms with Crippen molar-refractivity contribution < 1.29 is 13.6 Å². The van der Waals surface area contributed by atoms with Crippen molar-refractivity contribution in [2.75, 3.05) is 13.1 Å². The Kier molecular flexibility index (Phi) is 3.10. The average Bonchev–Trinajstić information content (AvgIpc) is 2.15. The summed E-state index contributed by atoms with van der Waals surface area (Å²) in [5, 5.41) is 0. The standard InChI is InChI=1S/C10H13F2NO/c1-3-8-4-6-13(7-5-8)9(14)10(2,11)12/h1,8H,4-7H2,2H3. The highest BCUT2D eigenvalue weighted by atomic mass is 19.3. The fraction of sp³-hybridized carbons (Fsp3) is 0.700. The van der Waals surface area contributed by atoms with E-state index in [1.54, 1.807) is 0 Å². The van der Waals surface area contributed by atoms with Crippen molar-refractivity contribution in [1.29, 1.82) is 0 Å². The Bertz CT molecular complexity index is 256. The van der Waals surface area contributed by atoms with Gasteiger partial charge in [0.2, 0.25) is 0 Å². The van der Waals surface area contributed by atoms with Crippen LogP contribution >= 0.6 is 0 Å². The average molecular weight is 201 g/mol. The first-order valence-electron chi connectivity index (χ1n) is 4.58. The van der Waals surface area contributed by atoms with Crippen LogP contribution in [0.15, 0.2) is 0 Å². The van der Waals surface area contributed by atoms with E-state index < -0.39 is 11.8 Å². The molecular formula is C10H13F2NO. The zero-order valence-corrected chi connectivity index (χ0v) is 8.09. The molecule has 0 aromatic heterocycles. The molecule has 1 fully saturated rings. The molecule has 0 atom stereocenters. The fourth-order valence-electron chi connectivity index (χ4n) is 1.53. The zero-order chi connectivity index (χ0) is 10.8. The van der Waals surface area contributed by atoms with E-state index in [2.05, 4.69) is 5.92 Å². The summed E-state index contributed by atoms with van der Waals surface area (Å²) < 4.78 is 25.3. The monoisotopic (exact) mass is 201 g/mol. The molecule has 1 amide bonds. The maximum atomic E-state index is 12.6. The topological polar surface area (TPSA) is 20.3 Å². The van der Waals surface area contributed by atoms with Gasteiger partial charge in [0.05, 0.1) is 0 Å². The van der Waals surface area contributed by atoms with Gasteiger partial charge in [-0.3, -0.25) is 4.79 Å². The van der Waals surface area contributed by atoms with Crippen molar-refractivity contribution in [3.8, 4) is 12.3 Å². The van der Waals surface area contributed by atoms with Gasteiger partial charge in [-0.2, -0.15) is 8.78 Å². The van der Waals surface area contributed by atoms with E-state index in [1.165, 1.54) is 4.90 Å². The smallest absolute Gasteiger partial charge is 0.322 e. The van der Waals surface area contributed by atoms with Crippen molar-refractivity contribution in [2.24, 2.45) is 5.92 Å². The molecule has 2 nitrogen and oxygen atoms in total. The van der Waals surface area contributed by atoms with E-state index in [1.807, 2.05) is 0 Å². The van der Waals surface area contributed by atoms with E-state index in [0.29, 0.717) is 32.9 Å². The lowest BCUT2D eigenvalue weighted by atomic mass is 9.97. The van der Waals surface area contributed by atoms with Crippen molar-refractivity contribution in [3.63, 3.8) is 0 Å². The summed E-state index contributed by atoms with van der Waals surface area (Å²) in [6.45, 7) is 1.32. The highest BCUT2D eigenvalue weighted by Gasteiger charge is 2.37. The van der Waals surface area contributed by atoms with Gasteiger partial charge in [-0.1, -0.05) is 0 Å². The van der Waals surface area contributed by atoms with Crippen LogP contribution in [0.1, 0.15) is 19.8 Å². The van der Waals surface area contributed by atoms with Crippen LogP contribution < -0.4 is 0 Å². The van der Waals surface area contributed by atoms with Crippen molar-refractivity contribution >= 4 is 5.91 Å². The minimum absolute atomic E-state index is 0.129. The maximum absolute atomic E-state index is 12.6. The van der Waals surface area contributed by atoms with Gasteiger partial charge in [0, 0.05) is 25.9 Å². The van der Waals surface area contributed by atoms with Gasteiger partial charge in [-0.15, -0.1) is 12.3 Å². The summed E-state index contributed by atoms with van der Waals surface area (Å²) in [7, 11) is 0. The number of carbonyl (C=O) groups is 1. The van der Waals surface area contributed by atoms with Gasteiger partial charge in [0.15, 0.2) is 0 Å². The first kappa shape index (κ1) is 11.0. The number of rotatable bonds is 1. The van der Waals surface area contributed by atoms with Crippen LogP contribution in [0.2, 0.25) is 0 Å². The number of hydrogen-bond donors (Lipinski definition) is 0. The van der Waals surface area contributed by atoms with Gasteiger partial charge >= 0.3 is 5.92 Å². The van der Waals surface area contributed by atoms with Crippen molar-refractivity contribution in [3.05, 3.63) is 0 Å². The molecule has 4 heteroatoms. The lowest BCUT2D eigenvalue weighted by Gasteiger charge is -2.31. The van der Waals surface area contributed by atoms with E-state index >= 15 is 0 Å². The summed E-state index contributed by atoms with van der Waals surface area (Å²) >= 11 is 0. The number of carbonyl (C=O) groups excluding carboxylic acids is 1. The Morgan fingerprint density at radius 1 is 1.50 bits per heavy atom. The van der Waals surface area contributed by atoms with E-state index in [0.717, 1.165) is 0 Å². The Hall–Kier alpha value is -1.11. The molecule has 0 bridgehead atoms. The van der Waals surface area contributed by atoms with E-state index in [4.69, 9.17) is 6.42 Å². The Balaban J connectivity index is 2.51. The second-order valence-corrected chi connectivity index (χ2v) is 3.62. The Morgan fingerprint density at radius 2 is 2.00 bits per heavy atom. The van der Waals surface area contributed by atoms with Gasteiger partial charge in [-0.05, 0) is 12.8 Å². The Morgan fingerprint density at radius 3 is 2.36 bits per heavy atom. The van der Waals surface area contributed by atoms with Gasteiger partial charge in [-0.25, -0.2) is 0 Å². The number of terminal acetylenes is 1. The number of nitrogens with zero attached hydrogens (tertiary/aromatic N) is 1. The molecule has 0 spiro atoms. The molecule has 0 saturated carbocycles. The van der Waals surface area contributed by atoms with Crippen LogP contribution in [0.25, 0.3) is 0 Å². The van der Waals surface area contributed by atoms with E-state index in [-0.39, 0.29) is 5.92 Å². The van der Waals surface area contributed by atoms with Crippen LogP contribution in [-0.4, -0.2) is 29.8 Å². The third kappa shape index (κ3) is 2.44. The van der Waals surface area contributed by atoms with Crippen LogP contribution in [0.4, 0.5) is 8.78 Å². The quantitative estimate of drug-likeness (QED) is 0.589. The molecule has 0 aromatic rings. The summed E-state index contributed by atoms with van der Waals surface area (Å²) in [5.41, 5.74) is 0. The second-order valence-electron chi connectivity index (χ2n) is 3.62. The largest absolute Gasteiger partial charge is 0.337 e. The summed E-state index contributed by atoms with van der Waals surface area (Å²) in [5.74, 6) is -1.64. The molecule has 1 heterocycles. The molecule has 0 aromatic carbocycles. The number of amides is 1. The molecule has 1 aliphatic rings. The second kappa shape index (κ2) is 3.95. The first-order chi connectivity index (χ1) is 6.45. The molecule has 0 aliphatic carbocycles. The predicted octanol–water partition coefficient (Wildman–Crippen LogP) is 1.51. The summed E-state index contributed by atoms with van der Waals surface area (Å²) in [4.78, 5) is 12.3. The van der Waals surface area contributed by atoms with Crippen LogP contribution in [0.5, 0.6) is 0 Å². The predicted molar refractivity (Wildman–Crippen MR) is 48.8 cm³/mol. The Labute approximate surface area is 82.3 Å². The number of likely N-dealkylation sites (tertiary alicyclic amines) is 1. The summed E-state index contributed by atoms with van der Waals surface area (Å²) in [6, 6.07) is 0. The minimum Gasteiger partial charge on any atom is -0.337 e. The number of piperidine rings is 1. The molecule has 0 unspecified atom stereocenters. The third-order valence-corrected chi connectivity index (χ3v) is 2.39. The van der Waals surface area contributed by atoms with Crippen LogP contribution in [0.3, 0.4) is 0 Å². The molecule has 1 rings (SSSR count). The third-order valence-electron chi connectivity index (χ3n) is 2.39. The first-order valence-corrected chi connectivity index (χ1v) is 4.58. The fourth-order valence-corrected chi connectivity index (χ4v) is 1.53. The molecule has 0 N–H and O–H groups in total. The molecule has 78 valence electrons. The zero-order valence-electron chi connectivity index (χ0n) is 8.09. The minimum atomic E-state index is -3.26. The molecule has 1 saturated heterocycles. The summed E-state index contributed by atoms with van der Waals surface area (Å²) in [6.07, 6.45) is 6.46. The molecule has 0 radical (unpaired) electrons. The lowest BCUT2D eigenvalue weighted by molar-refractivity contribution is -0.156.